The van der Waals surface area contributed by atoms with Crippen molar-refractivity contribution in [3.8, 4) is 5.75 Å². The van der Waals surface area contributed by atoms with Gasteiger partial charge in [-0.25, -0.2) is 9.29 Å². The van der Waals surface area contributed by atoms with Gasteiger partial charge in [0, 0.05) is 5.56 Å². The Kier molecular flexibility index (Phi) is 5.53. The first-order chi connectivity index (χ1) is 15.0. The predicted octanol–water partition coefficient (Wildman–Crippen LogP) is 3.40. The maximum atomic E-state index is 13.3. The highest BCUT2D eigenvalue weighted by Gasteiger charge is 2.44. The summed E-state index contributed by atoms with van der Waals surface area (Å²) in [6, 6.07) is 13.9. The fraction of sp³-hybridized carbons (Fsp3) is 0.174. The number of halogens is 1. The van der Waals surface area contributed by atoms with Gasteiger partial charge in [-0.05, 0) is 60.7 Å². The summed E-state index contributed by atoms with van der Waals surface area (Å²) in [6.07, 6.45) is 1.29. The molecule has 3 amide bonds. The largest absolute Gasteiger partial charge is 0.497 e. The highest BCUT2D eigenvalue weighted by atomic mass is 19.1. The van der Waals surface area contributed by atoms with Gasteiger partial charge in [-0.15, -0.1) is 0 Å². The normalized spacial score (nSPS) is 15.9. The second-order valence-corrected chi connectivity index (χ2v) is 7.00. The number of furan rings is 1. The summed E-state index contributed by atoms with van der Waals surface area (Å²) < 4.78 is 23.8. The molecule has 8 heteroatoms. The molecule has 1 atom stereocenters. The zero-order valence-electron chi connectivity index (χ0n) is 16.7. The molecular formula is C23H19FN2O5. The van der Waals surface area contributed by atoms with Gasteiger partial charge in [-0.3, -0.25) is 14.4 Å². The molecule has 1 aliphatic rings. The standard InChI is InChI=1S/C23H19FN2O5/c1-30-18-10-8-17(9-11-18)26-21(27)13-20(23(26)29)25(14-19-3-2-12-31-19)22(28)15-4-6-16(24)7-5-15/h2-12,20H,13-14H2,1H3. The van der Waals surface area contributed by atoms with E-state index in [4.69, 9.17) is 9.15 Å². The van der Waals surface area contributed by atoms with E-state index in [-0.39, 0.29) is 18.5 Å². The number of nitrogens with zero attached hydrogens (tertiary/aromatic N) is 2. The lowest BCUT2D eigenvalue weighted by atomic mass is 10.1. The van der Waals surface area contributed by atoms with Crippen LogP contribution in [-0.4, -0.2) is 35.8 Å². The maximum Gasteiger partial charge on any atom is 0.257 e. The Bertz CT molecular complexity index is 1090. The predicted molar refractivity (Wildman–Crippen MR) is 109 cm³/mol. The molecule has 2 aromatic carbocycles. The summed E-state index contributed by atoms with van der Waals surface area (Å²) in [5.41, 5.74) is 0.599. The number of hydrogen-bond acceptors (Lipinski definition) is 5. The van der Waals surface area contributed by atoms with Gasteiger partial charge in [-0.2, -0.15) is 0 Å². The first-order valence-electron chi connectivity index (χ1n) is 9.57. The van der Waals surface area contributed by atoms with E-state index in [1.807, 2.05) is 0 Å². The van der Waals surface area contributed by atoms with Gasteiger partial charge in [0.1, 0.15) is 23.4 Å². The first-order valence-corrected chi connectivity index (χ1v) is 9.57. The molecule has 1 aliphatic heterocycles. The number of anilines is 1. The zero-order chi connectivity index (χ0) is 22.0. The topological polar surface area (TPSA) is 80.1 Å². The van der Waals surface area contributed by atoms with Crippen LogP contribution in [0.15, 0.2) is 71.3 Å². The number of imide groups is 1. The van der Waals surface area contributed by atoms with Gasteiger partial charge in [0.2, 0.25) is 5.91 Å². The minimum Gasteiger partial charge on any atom is -0.497 e. The van der Waals surface area contributed by atoms with E-state index in [0.717, 1.165) is 4.90 Å². The maximum absolute atomic E-state index is 13.3. The quantitative estimate of drug-likeness (QED) is 0.569. The molecule has 0 N–H and O–H groups in total. The summed E-state index contributed by atoms with van der Waals surface area (Å²) in [5.74, 6) is -0.872. The lowest BCUT2D eigenvalue weighted by molar-refractivity contribution is -0.122. The van der Waals surface area contributed by atoms with Crippen molar-refractivity contribution in [2.45, 2.75) is 19.0 Å². The summed E-state index contributed by atoms with van der Waals surface area (Å²) in [5, 5.41) is 0. The van der Waals surface area contributed by atoms with Crippen LogP contribution < -0.4 is 9.64 Å². The molecular weight excluding hydrogens is 403 g/mol. The van der Waals surface area contributed by atoms with Crippen molar-refractivity contribution in [1.82, 2.24) is 4.90 Å². The highest BCUT2D eigenvalue weighted by molar-refractivity contribution is 6.23. The monoisotopic (exact) mass is 422 g/mol. The fourth-order valence-electron chi connectivity index (χ4n) is 3.51. The van der Waals surface area contributed by atoms with E-state index in [1.54, 1.807) is 36.4 Å². The number of hydrogen-bond donors (Lipinski definition) is 0. The van der Waals surface area contributed by atoms with Crippen molar-refractivity contribution in [3.05, 3.63) is 84.1 Å². The van der Waals surface area contributed by atoms with Crippen LogP contribution in [0.25, 0.3) is 0 Å². The van der Waals surface area contributed by atoms with Crippen LogP contribution in [0.4, 0.5) is 10.1 Å². The molecule has 1 saturated heterocycles. The fourth-order valence-corrected chi connectivity index (χ4v) is 3.51. The van der Waals surface area contributed by atoms with Gasteiger partial charge in [0.15, 0.2) is 0 Å². The first kappa shape index (κ1) is 20.3. The SMILES string of the molecule is COc1ccc(N2C(=O)CC(N(Cc3ccco3)C(=O)c3ccc(F)cc3)C2=O)cc1. The zero-order valence-corrected chi connectivity index (χ0v) is 16.7. The Morgan fingerprint density at radius 3 is 2.45 bits per heavy atom. The van der Waals surface area contributed by atoms with Crippen LogP contribution in [0, 0.1) is 5.82 Å². The molecule has 1 unspecified atom stereocenters. The van der Waals surface area contributed by atoms with Gasteiger partial charge >= 0.3 is 0 Å². The molecule has 0 aliphatic carbocycles. The molecule has 31 heavy (non-hydrogen) atoms. The number of rotatable bonds is 6. The van der Waals surface area contributed by atoms with Crippen molar-refractivity contribution in [1.29, 1.82) is 0 Å². The molecule has 1 fully saturated rings. The third-order valence-corrected chi connectivity index (χ3v) is 5.09. The number of carbonyl (C=O) groups excluding carboxylic acids is 3. The summed E-state index contributed by atoms with van der Waals surface area (Å²) in [4.78, 5) is 41.5. The summed E-state index contributed by atoms with van der Waals surface area (Å²) in [7, 11) is 1.52. The van der Waals surface area contributed by atoms with E-state index in [9.17, 15) is 18.8 Å². The molecule has 7 nitrogen and oxygen atoms in total. The Balaban J connectivity index is 1.65. The second-order valence-electron chi connectivity index (χ2n) is 7.00. The van der Waals surface area contributed by atoms with E-state index >= 15 is 0 Å². The van der Waals surface area contributed by atoms with Crippen LogP contribution >= 0.6 is 0 Å². The van der Waals surface area contributed by atoms with Crippen molar-refractivity contribution in [2.24, 2.45) is 0 Å². The van der Waals surface area contributed by atoms with Crippen LogP contribution in [0.3, 0.4) is 0 Å². The van der Waals surface area contributed by atoms with Crippen molar-refractivity contribution < 1.29 is 27.9 Å². The third kappa shape index (κ3) is 4.05. The van der Waals surface area contributed by atoms with Crippen molar-refractivity contribution >= 4 is 23.4 Å². The smallest absolute Gasteiger partial charge is 0.257 e. The van der Waals surface area contributed by atoms with E-state index in [1.165, 1.54) is 42.5 Å². The van der Waals surface area contributed by atoms with E-state index in [0.29, 0.717) is 17.2 Å². The Morgan fingerprint density at radius 1 is 1.13 bits per heavy atom. The number of amides is 3. The highest BCUT2D eigenvalue weighted by Crippen LogP contribution is 2.29. The van der Waals surface area contributed by atoms with Gasteiger partial charge < -0.3 is 14.1 Å². The summed E-state index contributed by atoms with van der Waals surface area (Å²) in [6.45, 7) is -0.0106. The second kappa shape index (κ2) is 8.43. The average Bonchev–Trinajstić information content (AvgIpc) is 3.39. The molecule has 1 aromatic heterocycles. The number of carbonyl (C=O) groups is 3. The Morgan fingerprint density at radius 2 is 1.84 bits per heavy atom. The molecule has 158 valence electrons. The molecule has 0 saturated carbocycles. The third-order valence-electron chi connectivity index (χ3n) is 5.09. The van der Waals surface area contributed by atoms with Gasteiger partial charge in [-0.1, -0.05) is 0 Å². The van der Waals surface area contributed by atoms with Crippen LogP contribution in [0.5, 0.6) is 5.75 Å². The Hall–Kier alpha value is -3.94. The molecule has 0 spiro atoms. The molecule has 4 rings (SSSR count). The summed E-state index contributed by atoms with van der Waals surface area (Å²) >= 11 is 0. The average molecular weight is 422 g/mol. The molecule has 3 aromatic rings. The molecule has 2 heterocycles. The van der Waals surface area contributed by atoms with Crippen molar-refractivity contribution in [3.63, 3.8) is 0 Å². The minimum atomic E-state index is -1.02. The Labute approximate surface area is 177 Å². The van der Waals surface area contributed by atoms with Crippen LogP contribution in [-0.2, 0) is 16.1 Å². The lowest BCUT2D eigenvalue weighted by Gasteiger charge is -2.27. The number of methoxy groups -OCH3 is 1. The van der Waals surface area contributed by atoms with Crippen molar-refractivity contribution in [2.75, 3.05) is 12.0 Å². The molecule has 0 radical (unpaired) electrons. The van der Waals surface area contributed by atoms with E-state index in [2.05, 4.69) is 0 Å². The molecule has 0 bridgehead atoms. The van der Waals surface area contributed by atoms with Crippen LogP contribution in [0.1, 0.15) is 22.5 Å². The number of benzene rings is 2. The number of ether oxygens (including phenoxy) is 1. The minimum absolute atomic E-state index is 0.0106. The van der Waals surface area contributed by atoms with Gasteiger partial charge in [0.05, 0.1) is 32.0 Å². The lowest BCUT2D eigenvalue weighted by Crippen LogP contribution is -2.45. The van der Waals surface area contributed by atoms with Crippen LogP contribution in [0.2, 0.25) is 0 Å². The van der Waals surface area contributed by atoms with E-state index < -0.39 is 29.6 Å². The van der Waals surface area contributed by atoms with Gasteiger partial charge in [0.25, 0.3) is 11.8 Å².